The number of rotatable bonds is 9. The van der Waals surface area contributed by atoms with Crippen LogP contribution in [0.15, 0.2) is 0 Å². The van der Waals surface area contributed by atoms with Crippen molar-refractivity contribution in [3.8, 4) is 0 Å². The second kappa shape index (κ2) is 14.9. The number of nitrogens with one attached hydrogen (secondary N) is 1. The third-order valence-electron chi connectivity index (χ3n) is 5.64. The quantitative estimate of drug-likeness (QED) is 0.104. The van der Waals surface area contributed by atoms with Gasteiger partial charge in [-0.3, -0.25) is 28.7 Å². The van der Waals surface area contributed by atoms with Gasteiger partial charge in [-0.05, 0) is 0 Å². The van der Waals surface area contributed by atoms with Gasteiger partial charge in [0.2, 0.25) is 5.91 Å². The Kier molecular flexibility index (Phi) is 14.5. The molecule has 6 N–H and O–H groups in total. The van der Waals surface area contributed by atoms with Gasteiger partial charge in [0, 0.05) is 13.0 Å². The van der Waals surface area contributed by atoms with E-state index in [4.69, 9.17) is 14.6 Å². The number of hydrogen-bond donors (Lipinski definition) is 6. The van der Waals surface area contributed by atoms with Crippen LogP contribution in [-0.2, 0) is 36.8 Å². The first-order valence-electron chi connectivity index (χ1n) is 10.6. The normalized spacial score (nSPS) is 38.8. The summed E-state index contributed by atoms with van der Waals surface area (Å²) >= 11 is 0. The number of aliphatic hydroxyl groups excluding tert-OH is 5. The Morgan fingerprint density at radius 3 is 2.26 bits per heavy atom. The van der Waals surface area contributed by atoms with Crippen molar-refractivity contribution in [1.29, 1.82) is 0 Å². The fourth-order valence-corrected chi connectivity index (χ4v) is 5.76. The van der Waals surface area contributed by atoms with Crippen molar-refractivity contribution in [1.82, 2.24) is 10.2 Å². The summed E-state index contributed by atoms with van der Waals surface area (Å²) in [5.74, 6) is -1.06. The molecule has 3 amide bonds. The van der Waals surface area contributed by atoms with Crippen LogP contribution in [-0.4, -0.2) is 111 Å². The molecule has 0 saturated carbocycles. The van der Waals surface area contributed by atoms with E-state index in [0.29, 0.717) is 0 Å². The minimum absolute atomic E-state index is 0. The molecule has 3 saturated heterocycles. The first kappa shape index (κ1) is 36.9. The van der Waals surface area contributed by atoms with Gasteiger partial charge in [0.25, 0.3) is 15.6 Å². The molecule has 0 radical (unpaired) electrons. The van der Waals surface area contributed by atoms with E-state index in [1.54, 1.807) is 6.92 Å². The zero-order valence-corrected chi connectivity index (χ0v) is 26.4. The van der Waals surface area contributed by atoms with Crippen LogP contribution >= 0.6 is 15.6 Å². The van der Waals surface area contributed by atoms with E-state index in [-0.39, 0.29) is 72.1 Å². The van der Waals surface area contributed by atoms with Gasteiger partial charge in [-0.15, -0.1) is 0 Å². The minimum Gasteiger partial charge on any atom is -0.756 e. The summed E-state index contributed by atoms with van der Waals surface area (Å²) < 4.78 is 47.0. The standard InChI is InChI=1S/C16H28N2O16P2.2Na/c1-6-3-18(16(25)17-14(6)24)10-2-7(20)9(31-10)5-30-35(26,27)34-36(28,29)33-15-13(23)12(22)11(21)8(4-19)32-15;;/h6-13,15,19-23H,2-5H2,1H3,(H,26,27)(H,28,29)(H,17,24,25);;/q;2*+1/p-2/t6?,7-,8+,9+,10+,11+,12-,13+,15?;;/m0../s1. The van der Waals surface area contributed by atoms with Crippen molar-refractivity contribution in [3.63, 3.8) is 0 Å². The average molecular weight is 610 g/mol. The smallest absolute Gasteiger partial charge is 0.756 e. The monoisotopic (exact) mass is 610 g/mol. The molecule has 0 aromatic rings. The maximum absolute atomic E-state index is 12.0. The van der Waals surface area contributed by atoms with Crippen LogP contribution in [0.2, 0.25) is 0 Å². The zero-order valence-electron chi connectivity index (χ0n) is 20.6. The predicted molar refractivity (Wildman–Crippen MR) is 106 cm³/mol. The Hall–Kier alpha value is 0.920. The molecular formula is C16H26N2Na2O16P2. The largest absolute Gasteiger partial charge is 1.00 e. The molecule has 22 heteroatoms. The number of urea groups is 1. The molecule has 3 aliphatic heterocycles. The number of hydrogen-bond acceptors (Lipinski definition) is 16. The van der Waals surface area contributed by atoms with E-state index >= 15 is 0 Å². The Balaban J connectivity index is 0.00000361. The van der Waals surface area contributed by atoms with Gasteiger partial charge in [-0.2, -0.15) is 0 Å². The van der Waals surface area contributed by atoms with Crippen LogP contribution in [0.1, 0.15) is 13.3 Å². The molecule has 3 aliphatic rings. The number of ether oxygens (including phenoxy) is 2. The van der Waals surface area contributed by atoms with Crippen molar-refractivity contribution in [2.75, 3.05) is 19.8 Å². The Morgan fingerprint density at radius 1 is 1.03 bits per heavy atom. The summed E-state index contributed by atoms with van der Waals surface area (Å²) in [7, 11) is -11.5. The maximum atomic E-state index is 12.0. The van der Waals surface area contributed by atoms with E-state index in [2.05, 4.69) is 18.7 Å². The van der Waals surface area contributed by atoms with Crippen LogP contribution in [0, 0.1) is 5.92 Å². The van der Waals surface area contributed by atoms with Crippen LogP contribution in [0.25, 0.3) is 0 Å². The molecule has 0 aromatic heterocycles. The van der Waals surface area contributed by atoms with Crippen molar-refractivity contribution < 1.29 is 136 Å². The maximum Gasteiger partial charge on any atom is 1.00 e. The third kappa shape index (κ3) is 9.21. The van der Waals surface area contributed by atoms with E-state index in [9.17, 15) is 48.9 Å². The Morgan fingerprint density at radius 2 is 1.66 bits per heavy atom. The number of phosphoric acid groups is 2. The molecule has 18 nitrogen and oxygen atoms in total. The van der Waals surface area contributed by atoms with Gasteiger partial charge >= 0.3 is 65.1 Å². The second-order valence-corrected chi connectivity index (χ2v) is 11.3. The van der Waals surface area contributed by atoms with Gasteiger partial charge in [-0.25, -0.2) is 9.11 Å². The summed E-state index contributed by atoms with van der Waals surface area (Å²) in [4.78, 5) is 48.8. The van der Waals surface area contributed by atoms with Gasteiger partial charge in [0.15, 0.2) is 6.29 Å². The predicted octanol–water partition coefficient (Wildman–Crippen LogP) is -10.6. The van der Waals surface area contributed by atoms with Gasteiger partial charge in [-0.1, -0.05) is 6.92 Å². The van der Waals surface area contributed by atoms with E-state index in [1.165, 1.54) is 0 Å². The number of carbonyl (C=O) groups is 2. The fourth-order valence-electron chi connectivity index (χ4n) is 3.68. The number of carbonyl (C=O) groups excluding carboxylic acids is 2. The van der Waals surface area contributed by atoms with Crippen molar-refractivity contribution in [2.45, 2.75) is 62.5 Å². The topological polar surface area (TPSA) is 277 Å². The second-order valence-electron chi connectivity index (χ2n) is 8.35. The molecule has 208 valence electrons. The summed E-state index contributed by atoms with van der Waals surface area (Å²) in [6.07, 6.45) is -13.6. The minimum atomic E-state index is -5.84. The number of imide groups is 1. The molecule has 0 spiro atoms. The molecule has 3 fully saturated rings. The van der Waals surface area contributed by atoms with Crippen LogP contribution < -0.4 is 74.2 Å². The zero-order chi connectivity index (χ0) is 27.0. The van der Waals surface area contributed by atoms with E-state index in [0.717, 1.165) is 4.90 Å². The Labute approximate surface area is 260 Å². The van der Waals surface area contributed by atoms with Crippen LogP contribution in [0.4, 0.5) is 4.79 Å². The average Bonchev–Trinajstić information content (AvgIpc) is 3.14. The molecule has 0 aliphatic carbocycles. The van der Waals surface area contributed by atoms with Crippen molar-refractivity contribution in [2.24, 2.45) is 5.92 Å². The Bertz CT molecular complexity index is 932. The van der Waals surface area contributed by atoms with Crippen molar-refractivity contribution >= 4 is 27.6 Å². The molecule has 0 bridgehead atoms. The first-order chi connectivity index (χ1) is 16.6. The summed E-state index contributed by atoms with van der Waals surface area (Å²) in [6.45, 7) is -0.300. The first-order valence-corrected chi connectivity index (χ1v) is 13.5. The SMILES string of the molecule is CC1CN([C@H]2C[C@H](O)[C@@H](COP(=O)([O-])OP(=O)([O-])OC3O[C@H](CO)[C@@H](O)[C@H](O)[C@H]3O)O2)C(=O)NC1=O.[Na+].[Na+]. The molecule has 11 atom stereocenters. The van der Waals surface area contributed by atoms with Crippen molar-refractivity contribution in [3.05, 3.63) is 0 Å². The van der Waals surface area contributed by atoms with Crippen LogP contribution in [0.3, 0.4) is 0 Å². The molecule has 3 heterocycles. The number of nitrogens with zero attached hydrogens (tertiary/aromatic N) is 1. The summed E-state index contributed by atoms with van der Waals surface area (Å²) in [6, 6.07) is -0.771. The number of aliphatic hydroxyl groups is 5. The number of phosphoric ester groups is 2. The van der Waals surface area contributed by atoms with Gasteiger partial charge in [0.05, 0.1) is 25.2 Å². The van der Waals surface area contributed by atoms with E-state index in [1.807, 2.05) is 0 Å². The molecular weight excluding hydrogens is 584 g/mol. The molecule has 0 aromatic carbocycles. The fraction of sp³-hybridized carbons (Fsp3) is 0.875. The summed E-state index contributed by atoms with van der Waals surface area (Å²) in [5.41, 5.74) is 0. The molecule has 38 heavy (non-hydrogen) atoms. The number of amides is 3. The summed E-state index contributed by atoms with van der Waals surface area (Å²) in [5, 5.41) is 50.5. The van der Waals surface area contributed by atoms with E-state index < -0.39 is 95.9 Å². The molecule has 4 unspecified atom stereocenters. The van der Waals surface area contributed by atoms with Crippen LogP contribution in [0.5, 0.6) is 0 Å². The molecule has 3 rings (SSSR count). The third-order valence-corrected chi connectivity index (χ3v) is 8.17. The van der Waals surface area contributed by atoms with Gasteiger partial charge < -0.3 is 49.3 Å². The van der Waals surface area contributed by atoms with Gasteiger partial charge in [0.1, 0.15) is 36.7 Å².